The van der Waals surface area contributed by atoms with E-state index in [-0.39, 0.29) is 12.1 Å². The molecule has 1 aromatic heterocycles. The van der Waals surface area contributed by atoms with Crippen molar-refractivity contribution in [2.24, 2.45) is 0 Å². The summed E-state index contributed by atoms with van der Waals surface area (Å²) >= 11 is 0. The van der Waals surface area contributed by atoms with Crippen LogP contribution in [-0.2, 0) is 6.54 Å². The Balaban J connectivity index is 1.46. The Morgan fingerprint density at radius 3 is 2.61 bits per heavy atom. The van der Waals surface area contributed by atoms with Crippen LogP contribution in [0.4, 0.5) is 4.79 Å². The maximum Gasteiger partial charge on any atom is 0.317 e. The van der Waals surface area contributed by atoms with Gasteiger partial charge in [0.2, 0.25) is 5.88 Å². The molecule has 3 rings (SSSR count). The molecule has 1 aromatic carbocycles. The summed E-state index contributed by atoms with van der Waals surface area (Å²) in [5, 5.41) is 2.96. The van der Waals surface area contributed by atoms with Gasteiger partial charge in [-0.15, -0.1) is 0 Å². The zero-order chi connectivity index (χ0) is 19.9. The highest BCUT2D eigenvalue weighted by Gasteiger charge is 2.24. The lowest BCUT2D eigenvalue weighted by Gasteiger charge is -2.32. The van der Waals surface area contributed by atoms with Crippen molar-refractivity contribution in [3.63, 3.8) is 0 Å². The molecule has 0 unspecified atom stereocenters. The number of aryl methyl sites for hydroxylation is 1. The number of carbonyl (C=O) groups is 1. The second kappa shape index (κ2) is 9.25. The van der Waals surface area contributed by atoms with Crippen LogP contribution in [0.5, 0.6) is 17.4 Å². The van der Waals surface area contributed by atoms with Crippen LogP contribution in [0.3, 0.4) is 0 Å². The molecule has 8 heteroatoms. The van der Waals surface area contributed by atoms with Crippen LogP contribution < -0.4 is 19.5 Å². The summed E-state index contributed by atoms with van der Waals surface area (Å²) in [5.41, 5.74) is 0.948. The number of ether oxygens (including phenoxy) is 3. The van der Waals surface area contributed by atoms with Gasteiger partial charge in [-0.3, -0.25) is 0 Å². The first-order chi connectivity index (χ1) is 13.6. The van der Waals surface area contributed by atoms with Crippen molar-refractivity contribution < 1.29 is 19.0 Å². The minimum absolute atomic E-state index is 0.0594. The Morgan fingerprint density at radius 1 is 1.18 bits per heavy atom. The largest absolute Gasteiger partial charge is 0.493 e. The summed E-state index contributed by atoms with van der Waals surface area (Å²) in [6, 6.07) is 7.28. The van der Waals surface area contributed by atoms with E-state index in [1.54, 1.807) is 26.5 Å². The third-order valence-corrected chi connectivity index (χ3v) is 4.66. The van der Waals surface area contributed by atoms with Gasteiger partial charge in [0.15, 0.2) is 11.5 Å². The number of hydrogen-bond donors (Lipinski definition) is 1. The second-order valence-corrected chi connectivity index (χ2v) is 6.59. The van der Waals surface area contributed by atoms with E-state index in [9.17, 15) is 4.79 Å². The number of hydrogen-bond acceptors (Lipinski definition) is 6. The standard InChI is InChI=1S/C20H26N4O4/c1-14-21-9-6-19(23-14)28-16-7-10-24(11-8-16)20(25)22-13-15-4-5-17(26-2)18(12-15)27-3/h4-6,9,12,16H,7-8,10-11,13H2,1-3H3,(H,22,25). The molecule has 2 heterocycles. The van der Waals surface area contributed by atoms with Crippen molar-refractivity contribution >= 4 is 6.03 Å². The van der Waals surface area contributed by atoms with E-state index >= 15 is 0 Å². The Hall–Kier alpha value is -3.03. The molecule has 1 N–H and O–H groups in total. The Kier molecular flexibility index (Phi) is 6.52. The molecule has 0 spiro atoms. The van der Waals surface area contributed by atoms with E-state index in [0.29, 0.717) is 42.8 Å². The summed E-state index contributed by atoms with van der Waals surface area (Å²) < 4.78 is 16.4. The number of nitrogens with one attached hydrogen (secondary N) is 1. The lowest BCUT2D eigenvalue weighted by atomic mass is 10.1. The highest BCUT2D eigenvalue weighted by Crippen LogP contribution is 2.27. The number of benzene rings is 1. The number of nitrogens with zero attached hydrogens (tertiary/aromatic N) is 3. The Labute approximate surface area is 164 Å². The summed E-state index contributed by atoms with van der Waals surface area (Å²) in [6.07, 6.45) is 3.29. The summed E-state index contributed by atoms with van der Waals surface area (Å²) in [4.78, 5) is 22.6. The predicted molar refractivity (Wildman–Crippen MR) is 104 cm³/mol. The fourth-order valence-corrected chi connectivity index (χ4v) is 3.13. The molecular formula is C20H26N4O4. The van der Waals surface area contributed by atoms with Gasteiger partial charge in [0.1, 0.15) is 11.9 Å². The van der Waals surface area contributed by atoms with Gasteiger partial charge in [-0.05, 0) is 24.6 Å². The lowest BCUT2D eigenvalue weighted by Crippen LogP contribution is -2.46. The highest BCUT2D eigenvalue weighted by molar-refractivity contribution is 5.74. The first kappa shape index (κ1) is 19.7. The van der Waals surface area contributed by atoms with Crippen LogP contribution in [0, 0.1) is 6.92 Å². The van der Waals surface area contributed by atoms with Crippen molar-refractivity contribution in [1.82, 2.24) is 20.2 Å². The van der Waals surface area contributed by atoms with Gasteiger partial charge in [0, 0.05) is 44.7 Å². The van der Waals surface area contributed by atoms with Gasteiger partial charge >= 0.3 is 6.03 Å². The van der Waals surface area contributed by atoms with Crippen LogP contribution in [-0.4, -0.2) is 54.3 Å². The quantitative estimate of drug-likeness (QED) is 0.821. The van der Waals surface area contributed by atoms with Crippen LogP contribution in [0.15, 0.2) is 30.5 Å². The summed E-state index contributed by atoms with van der Waals surface area (Å²) in [6.45, 7) is 3.55. The number of piperidine rings is 1. The number of methoxy groups -OCH3 is 2. The number of rotatable bonds is 6. The average Bonchev–Trinajstić information content (AvgIpc) is 2.72. The fraction of sp³-hybridized carbons (Fsp3) is 0.450. The van der Waals surface area contributed by atoms with Crippen molar-refractivity contribution in [2.45, 2.75) is 32.4 Å². The third kappa shape index (κ3) is 5.03. The normalized spacial score (nSPS) is 14.5. The van der Waals surface area contributed by atoms with Gasteiger partial charge in [-0.25, -0.2) is 9.78 Å². The van der Waals surface area contributed by atoms with Crippen LogP contribution in [0.2, 0.25) is 0 Å². The zero-order valence-electron chi connectivity index (χ0n) is 16.5. The van der Waals surface area contributed by atoms with Crippen molar-refractivity contribution in [2.75, 3.05) is 27.3 Å². The van der Waals surface area contributed by atoms with E-state index < -0.39 is 0 Å². The number of amides is 2. The number of urea groups is 1. The van der Waals surface area contributed by atoms with Gasteiger partial charge in [0.25, 0.3) is 0 Å². The predicted octanol–water partition coefficient (Wildman–Crippen LogP) is 2.56. The minimum Gasteiger partial charge on any atom is -0.493 e. The maximum absolute atomic E-state index is 12.5. The summed E-state index contributed by atoms with van der Waals surface area (Å²) in [5.74, 6) is 2.58. The molecule has 0 atom stereocenters. The molecule has 8 nitrogen and oxygen atoms in total. The first-order valence-corrected chi connectivity index (χ1v) is 9.29. The molecule has 0 aliphatic carbocycles. The van der Waals surface area contributed by atoms with Crippen LogP contribution >= 0.6 is 0 Å². The second-order valence-electron chi connectivity index (χ2n) is 6.59. The molecule has 2 amide bonds. The van der Waals surface area contributed by atoms with E-state index in [0.717, 1.165) is 18.4 Å². The highest BCUT2D eigenvalue weighted by atomic mass is 16.5. The smallest absolute Gasteiger partial charge is 0.317 e. The van der Waals surface area contributed by atoms with E-state index in [4.69, 9.17) is 14.2 Å². The minimum atomic E-state index is -0.0777. The van der Waals surface area contributed by atoms with Gasteiger partial charge in [-0.2, -0.15) is 4.98 Å². The van der Waals surface area contributed by atoms with Crippen molar-refractivity contribution in [3.8, 4) is 17.4 Å². The monoisotopic (exact) mass is 386 g/mol. The van der Waals surface area contributed by atoms with E-state index in [2.05, 4.69) is 15.3 Å². The molecule has 1 aliphatic rings. The van der Waals surface area contributed by atoms with Crippen molar-refractivity contribution in [1.29, 1.82) is 0 Å². The molecule has 1 aliphatic heterocycles. The van der Waals surface area contributed by atoms with Gasteiger partial charge in [0.05, 0.1) is 14.2 Å². The first-order valence-electron chi connectivity index (χ1n) is 9.29. The van der Waals surface area contributed by atoms with E-state index in [1.165, 1.54) is 0 Å². The van der Waals surface area contributed by atoms with Crippen LogP contribution in [0.25, 0.3) is 0 Å². The fourth-order valence-electron chi connectivity index (χ4n) is 3.13. The maximum atomic E-state index is 12.5. The molecule has 2 aromatic rings. The third-order valence-electron chi connectivity index (χ3n) is 4.66. The molecule has 0 radical (unpaired) electrons. The summed E-state index contributed by atoms with van der Waals surface area (Å²) in [7, 11) is 3.19. The van der Waals surface area contributed by atoms with Crippen LogP contribution in [0.1, 0.15) is 24.2 Å². The van der Waals surface area contributed by atoms with E-state index in [1.807, 2.05) is 30.0 Å². The molecule has 150 valence electrons. The topological polar surface area (TPSA) is 85.8 Å². The number of carbonyl (C=O) groups excluding carboxylic acids is 1. The van der Waals surface area contributed by atoms with Gasteiger partial charge < -0.3 is 24.4 Å². The molecule has 28 heavy (non-hydrogen) atoms. The molecule has 1 saturated heterocycles. The van der Waals surface area contributed by atoms with Crippen molar-refractivity contribution in [3.05, 3.63) is 41.9 Å². The number of aromatic nitrogens is 2. The zero-order valence-corrected chi connectivity index (χ0v) is 16.5. The molecule has 1 fully saturated rings. The molecular weight excluding hydrogens is 360 g/mol. The molecule has 0 bridgehead atoms. The average molecular weight is 386 g/mol. The number of likely N-dealkylation sites (tertiary alicyclic amines) is 1. The van der Waals surface area contributed by atoms with Gasteiger partial charge in [-0.1, -0.05) is 6.07 Å². The lowest BCUT2D eigenvalue weighted by molar-refractivity contribution is 0.107. The Bertz CT molecular complexity index is 807. The SMILES string of the molecule is COc1ccc(CNC(=O)N2CCC(Oc3ccnc(C)n3)CC2)cc1OC. The molecule has 0 saturated carbocycles. The Morgan fingerprint density at radius 2 is 1.93 bits per heavy atom.